The average Bonchev–Trinajstić information content (AvgIpc) is 2.62. The number of rotatable bonds is 2. The summed E-state index contributed by atoms with van der Waals surface area (Å²) in [7, 11) is 0. The van der Waals surface area contributed by atoms with Gasteiger partial charge in [-0.2, -0.15) is 0 Å². The van der Waals surface area contributed by atoms with Crippen LogP contribution < -0.4 is 0 Å². The molecule has 0 spiro atoms. The summed E-state index contributed by atoms with van der Waals surface area (Å²) >= 11 is 1.76. The van der Waals surface area contributed by atoms with E-state index in [4.69, 9.17) is 5.11 Å². The average molecular weight is 190 g/mol. The number of phenols is 1. The fourth-order valence-electron chi connectivity index (χ4n) is 1.23. The second-order valence-corrected chi connectivity index (χ2v) is 3.95. The van der Waals surface area contributed by atoms with Crippen LogP contribution >= 0.6 is 11.3 Å². The van der Waals surface area contributed by atoms with E-state index in [2.05, 4.69) is 17.5 Å². The van der Waals surface area contributed by atoms with Gasteiger partial charge in [0.25, 0.3) is 0 Å². The Morgan fingerprint density at radius 2 is 1.85 bits per heavy atom. The third-order valence-electron chi connectivity index (χ3n) is 1.89. The van der Waals surface area contributed by atoms with E-state index < -0.39 is 0 Å². The molecule has 0 amide bonds. The van der Waals surface area contributed by atoms with Gasteiger partial charge in [-0.25, -0.2) is 0 Å². The first-order chi connectivity index (χ1) is 6.34. The van der Waals surface area contributed by atoms with Gasteiger partial charge in [-0.15, -0.1) is 11.3 Å². The summed E-state index contributed by atoms with van der Waals surface area (Å²) in [5.74, 6) is 0.329. The number of thiophene rings is 1. The number of benzene rings is 1. The summed E-state index contributed by atoms with van der Waals surface area (Å²) in [5, 5.41) is 11.2. The van der Waals surface area contributed by atoms with Gasteiger partial charge in [-0.1, -0.05) is 18.2 Å². The summed E-state index contributed by atoms with van der Waals surface area (Å²) in [5.41, 5.74) is 1.24. The first-order valence-electron chi connectivity index (χ1n) is 4.15. The van der Waals surface area contributed by atoms with Crippen molar-refractivity contribution in [3.63, 3.8) is 0 Å². The molecule has 0 saturated heterocycles. The van der Waals surface area contributed by atoms with E-state index in [9.17, 15) is 0 Å². The lowest BCUT2D eigenvalue weighted by atomic mass is 10.1. The topological polar surface area (TPSA) is 20.2 Å². The Hall–Kier alpha value is -1.28. The van der Waals surface area contributed by atoms with Crippen molar-refractivity contribution in [3.05, 3.63) is 52.2 Å². The standard InChI is InChI=1S/C11H10OS/c12-10-5-3-9(4-6-10)8-11-2-1-7-13-11/h1-7,12H,8H2. The Bertz CT molecular complexity index is 361. The van der Waals surface area contributed by atoms with E-state index in [0.717, 1.165) is 6.42 Å². The number of hydrogen-bond acceptors (Lipinski definition) is 2. The summed E-state index contributed by atoms with van der Waals surface area (Å²) in [4.78, 5) is 1.35. The molecule has 0 saturated carbocycles. The maximum absolute atomic E-state index is 9.09. The number of phenolic OH excluding ortho intramolecular Hbond substituents is 1. The molecule has 2 aromatic rings. The summed E-state index contributed by atoms with van der Waals surface area (Å²) in [6, 6.07) is 11.5. The van der Waals surface area contributed by atoms with E-state index in [-0.39, 0.29) is 0 Å². The van der Waals surface area contributed by atoms with Crippen molar-refractivity contribution >= 4 is 11.3 Å². The van der Waals surface area contributed by atoms with E-state index in [1.54, 1.807) is 23.5 Å². The molecule has 1 aromatic carbocycles. The van der Waals surface area contributed by atoms with Crippen LogP contribution in [0, 0.1) is 0 Å². The number of hydrogen-bond donors (Lipinski definition) is 1. The second kappa shape index (κ2) is 3.62. The summed E-state index contributed by atoms with van der Waals surface area (Å²) in [6.45, 7) is 0. The lowest BCUT2D eigenvalue weighted by molar-refractivity contribution is 0.475. The highest BCUT2D eigenvalue weighted by molar-refractivity contribution is 7.09. The van der Waals surface area contributed by atoms with Gasteiger partial charge in [0.15, 0.2) is 0 Å². The first kappa shape index (κ1) is 8.32. The van der Waals surface area contributed by atoms with Crippen molar-refractivity contribution < 1.29 is 5.11 Å². The van der Waals surface area contributed by atoms with Crippen LogP contribution in [0.1, 0.15) is 10.4 Å². The highest BCUT2D eigenvalue weighted by Crippen LogP contribution is 2.16. The minimum absolute atomic E-state index is 0.329. The largest absolute Gasteiger partial charge is 0.508 e. The SMILES string of the molecule is Oc1ccc(Cc2cccs2)cc1. The lowest BCUT2D eigenvalue weighted by Gasteiger charge is -1.98. The van der Waals surface area contributed by atoms with Crippen LogP contribution in [0.25, 0.3) is 0 Å². The first-order valence-corrected chi connectivity index (χ1v) is 5.03. The molecule has 66 valence electrons. The van der Waals surface area contributed by atoms with Crippen LogP contribution in [0.5, 0.6) is 5.75 Å². The van der Waals surface area contributed by atoms with E-state index in [1.165, 1.54) is 10.4 Å². The monoisotopic (exact) mass is 190 g/mol. The van der Waals surface area contributed by atoms with Crippen LogP contribution in [-0.2, 0) is 6.42 Å². The summed E-state index contributed by atoms with van der Waals surface area (Å²) < 4.78 is 0. The summed E-state index contributed by atoms with van der Waals surface area (Å²) in [6.07, 6.45) is 0.956. The molecule has 0 aliphatic carbocycles. The normalized spacial score (nSPS) is 10.2. The predicted octanol–water partition coefficient (Wildman–Crippen LogP) is 3.04. The lowest BCUT2D eigenvalue weighted by Crippen LogP contribution is -1.82. The second-order valence-electron chi connectivity index (χ2n) is 2.92. The molecule has 13 heavy (non-hydrogen) atoms. The maximum Gasteiger partial charge on any atom is 0.115 e. The Morgan fingerprint density at radius 1 is 1.08 bits per heavy atom. The van der Waals surface area contributed by atoms with Crippen LogP contribution in [0.2, 0.25) is 0 Å². The van der Waals surface area contributed by atoms with E-state index >= 15 is 0 Å². The minimum Gasteiger partial charge on any atom is -0.508 e. The van der Waals surface area contributed by atoms with Gasteiger partial charge < -0.3 is 5.11 Å². The van der Waals surface area contributed by atoms with Crippen molar-refractivity contribution in [2.75, 3.05) is 0 Å². The highest BCUT2D eigenvalue weighted by Gasteiger charge is 1.96. The molecular formula is C11H10OS. The molecule has 1 N–H and O–H groups in total. The third kappa shape index (κ3) is 2.10. The van der Waals surface area contributed by atoms with Gasteiger partial charge in [0.05, 0.1) is 0 Å². The maximum atomic E-state index is 9.09. The zero-order valence-corrected chi connectivity index (χ0v) is 7.92. The molecular weight excluding hydrogens is 180 g/mol. The van der Waals surface area contributed by atoms with Gasteiger partial charge in [-0.05, 0) is 29.1 Å². The van der Waals surface area contributed by atoms with Crippen LogP contribution in [0.15, 0.2) is 41.8 Å². The fourth-order valence-corrected chi connectivity index (χ4v) is 1.97. The molecule has 1 nitrogen and oxygen atoms in total. The van der Waals surface area contributed by atoms with Crippen LogP contribution in [0.3, 0.4) is 0 Å². The van der Waals surface area contributed by atoms with Gasteiger partial charge in [0.2, 0.25) is 0 Å². The molecule has 2 rings (SSSR count). The smallest absolute Gasteiger partial charge is 0.115 e. The van der Waals surface area contributed by atoms with E-state index in [1.807, 2.05) is 12.1 Å². The Morgan fingerprint density at radius 3 is 2.46 bits per heavy atom. The van der Waals surface area contributed by atoms with E-state index in [0.29, 0.717) is 5.75 Å². The molecule has 0 atom stereocenters. The van der Waals surface area contributed by atoms with Gasteiger partial charge in [0, 0.05) is 11.3 Å². The quantitative estimate of drug-likeness (QED) is 0.771. The zero-order valence-electron chi connectivity index (χ0n) is 7.10. The molecule has 0 aliphatic heterocycles. The van der Waals surface area contributed by atoms with Crippen molar-refractivity contribution in [3.8, 4) is 5.75 Å². The Labute approximate surface area is 81.3 Å². The van der Waals surface area contributed by atoms with Crippen molar-refractivity contribution in [2.24, 2.45) is 0 Å². The van der Waals surface area contributed by atoms with Crippen molar-refractivity contribution in [1.82, 2.24) is 0 Å². The zero-order chi connectivity index (χ0) is 9.10. The Balaban J connectivity index is 2.15. The van der Waals surface area contributed by atoms with Crippen molar-refractivity contribution in [1.29, 1.82) is 0 Å². The molecule has 0 bridgehead atoms. The van der Waals surface area contributed by atoms with Gasteiger partial charge in [-0.3, -0.25) is 0 Å². The Kier molecular flexibility index (Phi) is 2.32. The molecule has 0 fully saturated rings. The molecule has 0 unspecified atom stereocenters. The predicted molar refractivity (Wildman–Crippen MR) is 55.2 cm³/mol. The fraction of sp³-hybridized carbons (Fsp3) is 0.0909. The van der Waals surface area contributed by atoms with Gasteiger partial charge >= 0.3 is 0 Å². The molecule has 1 heterocycles. The molecule has 0 radical (unpaired) electrons. The highest BCUT2D eigenvalue weighted by atomic mass is 32.1. The van der Waals surface area contributed by atoms with Crippen molar-refractivity contribution in [2.45, 2.75) is 6.42 Å². The molecule has 0 aliphatic rings. The third-order valence-corrected chi connectivity index (χ3v) is 2.77. The molecule has 1 aromatic heterocycles. The van der Waals surface area contributed by atoms with Crippen LogP contribution in [-0.4, -0.2) is 5.11 Å². The minimum atomic E-state index is 0.329. The van der Waals surface area contributed by atoms with Gasteiger partial charge in [0.1, 0.15) is 5.75 Å². The number of aromatic hydroxyl groups is 1. The van der Waals surface area contributed by atoms with Crippen LogP contribution in [0.4, 0.5) is 0 Å². The molecule has 2 heteroatoms.